The molecule has 3 nitrogen and oxygen atoms in total. The van der Waals surface area contributed by atoms with Crippen molar-refractivity contribution >= 4 is 16.7 Å². The van der Waals surface area contributed by atoms with Crippen LogP contribution in [0, 0.1) is 5.92 Å². The topological polar surface area (TPSA) is 49.3 Å². The van der Waals surface area contributed by atoms with Crippen LogP contribution in [-0.2, 0) is 0 Å². The van der Waals surface area contributed by atoms with Crippen LogP contribution in [0.1, 0.15) is 36.0 Å². The predicted octanol–water partition coefficient (Wildman–Crippen LogP) is 3.12. The number of fused-ring (bicyclic) bond motifs is 1. The Hall–Kier alpha value is -1.87. The van der Waals surface area contributed by atoms with E-state index < -0.39 is 0 Å². The van der Waals surface area contributed by atoms with Crippen LogP contribution < -0.4 is 5.32 Å². The van der Waals surface area contributed by atoms with E-state index in [9.17, 15) is 9.90 Å². The number of amides is 1. The Morgan fingerprint density at radius 2 is 1.95 bits per heavy atom. The number of benzene rings is 2. The van der Waals surface area contributed by atoms with Crippen LogP contribution in [0.2, 0.25) is 0 Å². The zero-order valence-electron chi connectivity index (χ0n) is 12.1. The molecule has 1 saturated carbocycles. The van der Waals surface area contributed by atoms with Gasteiger partial charge in [-0.05, 0) is 48.1 Å². The first-order chi connectivity index (χ1) is 10.2. The van der Waals surface area contributed by atoms with Gasteiger partial charge in [0.05, 0.1) is 6.10 Å². The highest BCUT2D eigenvalue weighted by Gasteiger charge is 2.20. The van der Waals surface area contributed by atoms with Gasteiger partial charge < -0.3 is 10.4 Å². The van der Waals surface area contributed by atoms with Gasteiger partial charge in [-0.25, -0.2) is 0 Å². The number of nitrogens with one attached hydrogen (secondary N) is 1. The van der Waals surface area contributed by atoms with Crippen molar-refractivity contribution in [2.45, 2.75) is 31.8 Å². The molecule has 3 heteroatoms. The summed E-state index contributed by atoms with van der Waals surface area (Å²) in [5, 5.41) is 14.9. The minimum atomic E-state index is -0.193. The van der Waals surface area contributed by atoms with E-state index in [2.05, 4.69) is 5.32 Å². The van der Waals surface area contributed by atoms with Crippen molar-refractivity contribution in [1.29, 1.82) is 0 Å². The van der Waals surface area contributed by atoms with Gasteiger partial charge in [0.25, 0.3) is 5.91 Å². The fraction of sp³-hybridized carbons (Fsp3) is 0.389. The van der Waals surface area contributed by atoms with Gasteiger partial charge in [0, 0.05) is 12.1 Å². The van der Waals surface area contributed by atoms with E-state index in [1.165, 1.54) is 0 Å². The van der Waals surface area contributed by atoms with Crippen molar-refractivity contribution in [2.75, 3.05) is 6.54 Å². The Balaban J connectivity index is 1.63. The smallest absolute Gasteiger partial charge is 0.251 e. The first kappa shape index (κ1) is 14.1. The largest absolute Gasteiger partial charge is 0.393 e. The van der Waals surface area contributed by atoms with Crippen molar-refractivity contribution in [3.63, 3.8) is 0 Å². The molecule has 1 fully saturated rings. The van der Waals surface area contributed by atoms with Gasteiger partial charge in [0.15, 0.2) is 0 Å². The summed E-state index contributed by atoms with van der Waals surface area (Å²) in [6.45, 7) is 0.655. The van der Waals surface area contributed by atoms with Crippen molar-refractivity contribution in [2.24, 2.45) is 5.92 Å². The summed E-state index contributed by atoms with van der Waals surface area (Å²) in [6.07, 6.45) is 3.65. The number of carbonyl (C=O) groups is 1. The van der Waals surface area contributed by atoms with E-state index >= 15 is 0 Å². The maximum absolute atomic E-state index is 12.2. The Kier molecular flexibility index (Phi) is 4.20. The molecule has 0 aromatic heterocycles. The molecular formula is C18H21NO2. The summed E-state index contributed by atoms with van der Waals surface area (Å²) in [5.74, 6) is 0.374. The SMILES string of the molecule is O=C(NCC1CCCC(O)C1)c1ccc2ccccc2c1. The lowest BCUT2D eigenvalue weighted by molar-refractivity contribution is 0.0874. The molecule has 0 spiro atoms. The van der Waals surface area contributed by atoms with E-state index in [4.69, 9.17) is 0 Å². The van der Waals surface area contributed by atoms with Crippen LogP contribution in [0.4, 0.5) is 0 Å². The summed E-state index contributed by atoms with van der Waals surface area (Å²) < 4.78 is 0. The van der Waals surface area contributed by atoms with Crippen molar-refractivity contribution < 1.29 is 9.90 Å². The summed E-state index contributed by atoms with van der Waals surface area (Å²) in [4.78, 5) is 12.2. The van der Waals surface area contributed by atoms with Crippen LogP contribution in [-0.4, -0.2) is 23.7 Å². The zero-order valence-corrected chi connectivity index (χ0v) is 12.1. The number of rotatable bonds is 3. The van der Waals surface area contributed by atoms with E-state index in [-0.39, 0.29) is 12.0 Å². The average molecular weight is 283 g/mol. The molecule has 2 unspecified atom stereocenters. The second-order valence-corrected chi connectivity index (χ2v) is 5.96. The van der Waals surface area contributed by atoms with Gasteiger partial charge in [-0.15, -0.1) is 0 Å². The molecule has 2 atom stereocenters. The summed E-state index contributed by atoms with van der Waals surface area (Å²) in [7, 11) is 0. The summed E-state index contributed by atoms with van der Waals surface area (Å²) in [6, 6.07) is 13.8. The van der Waals surface area contributed by atoms with Crippen LogP contribution in [0.3, 0.4) is 0 Å². The number of carbonyl (C=O) groups excluding carboxylic acids is 1. The summed E-state index contributed by atoms with van der Waals surface area (Å²) >= 11 is 0. The molecule has 21 heavy (non-hydrogen) atoms. The minimum absolute atomic E-state index is 0.0270. The van der Waals surface area contributed by atoms with E-state index in [1.807, 2.05) is 42.5 Å². The monoisotopic (exact) mass is 283 g/mol. The molecule has 1 amide bonds. The van der Waals surface area contributed by atoms with Gasteiger partial charge in [-0.3, -0.25) is 4.79 Å². The lowest BCUT2D eigenvalue weighted by Gasteiger charge is -2.25. The lowest BCUT2D eigenvalue weighted by Crippen LogP contribution is -2.32. The molecule has 0 aliphatic heterocycles. The second kappa shape index (κ2) is 6.27. The van der Waals surface area contributed by atoms with E-state index in [0.29, 0.717) is 18.0 Å². The molecule has 0 bridgehead atoms. The van der Waals surface area contributed by atoms with Gasteiger partial charge in [-0.2, -0.15) is 0 Å². The van der Waals surface area contributed by atoms with Crippen LogP contribution in [0.25, 0.3) is 10.8 Å². The number of aliphatic hydroxyl groups excluding tert-OH is 1. The number of aliphatic hydroxyl groups is 1. The van der Waals surface area contributed by atoms with Gasteiger partial charge in [-0.1, -0.05) is 36.8 Å². The van der Waals surface area contributed by atoms with Crippen LogP contribution >= 0.6 is 0 Å². The molecule has 0 heterocycles. The zero-order chi connectivity index (χ0) is 14.7. The Morgan fingerprint density at radius 3 is 2.76 bits per heavy atom. The quantitative estimate of drug-likeness (QED) is 0.909. The van der Waals surface area contributed by atoms with E-state index in [1.54, 1.807) is 0 Å². The number of hydrogen-bond donors (Lipinski definition) is 2. The fourth-order valence-corrected chi connectivity index (χ4v) is 3.12. The molecule has 0 radical (unpaired) electrons. The minimum Gasteiger partial charge on any atom is -0.393 e. The Morgan fingerprint density at radius 1 is 1.14 bits per heavy atom. The maximum atomic E-state index is 12.2. The standard InChI is InChI=1S/C18H21NO2/c20-17-7-3-4-13(10-17)12-19-18(21)16-9-8-14-5-1-2-6-15(14)11-16/h1-2,5-6,8-9,11,13,17,20H,3-4,7,10,12H2,(H,19,21). The highest BCUT2D eigenvalue weighted by atomic mass is 16.3. The highest BCUT2D eigenvalue weighted by Crippen LogP contribution is 2.23. The first-order valence-corrected chi connectivity index (χ1v) is 7.67. The van der Waals surface area contributed by atoms with E-state index in [0.717, 1.165) is 36.5 Å². The third-order valence-electron chi connectivity index (χ3n) is 4.32. The van der Waals surface area contributed by atoms with Gasteiger partial charge >= 0.3 is 0 Å². The van der Waals surface area contributed by atoms with Crippen LogP contribution in [0.15, 0.2) is 42.5 Å². The number of hydrogen-bond acceptors (Lipinski definition) is 2. The van der Waals surface area contributed by atoms with Crippen molar-refractivity contribution in [3.05, 3.63) is 48.0 Å². The summed E-state index contributed by atoms with van der Waals surface area (Å²) in [5.41, 5.74) is 0.699. The molecule has 0 saturated heterocycles. The third-order valence-corrected chi connectivity index (χ3v) is 4.32. The van der Waals surface area contributed by atoms with Gasteiger partial charge in [0.1, 0.15) is 0 Å². The Bertz CT molecular complexity index is 638. The molecule has 1 aliphatic carbocycles. The normalized spacial score (nSPS) is 22.1. The predicted molar refractivity (Wildman–Crippen MR) is 84.2 cm³/mol. The maximum Gasteiger partial charge on any atom is 0.251 e. The molecule has 2 N–H and O–H groups in total. The third kappa shape index (κ3) is 3.42. The average Bonchev–Trinajstić information content (AvgIpc) is 2.52. The second-order valence-electron chi connectivity index (χ2n) is 5.96. The Labute approximate surface area is 125 Å². The molecule has 110 valence electrons. The molecule has 1 aliphatic rings. The molecule has 2 aromatic rings. The highest BCUT2D eigenvalue weighted by molar-refractivity contribution is 5.98. The van der Waals surface area contributed by atoms with Crippen molar-refractivity contribution in [3.8, 4) is 0 Å². The lowest BCUT2D eigenvalue weighted by atomic mass is 9.87. The van der Waals surface area contributed by atoms with Crippen LogP contribution in [0.5, 0.6) is 0 Å². The molecule has 2 aromatic carbocycles. The molecular weight excluding hydrogens is 262 g/mol. The molecule has 3 rings (SSSR count). The first-order valence-electron chi connectivity index (χ1n) is 7.67. The fourth-order valence-electron chi connectivity index (χ4n) is 3.12. The van der Waals surface area contributed by atoms with Crippen molar-refractivity contribution in [1.82, 2.24) is 5.32 Å². The van der Waals surface area contributed by atoms with Gasteiger partial charge in [0.2, 0.25) is 0 Å².